The van der Waals surface area contributed by atoms with Crippen LogP contribution in [0.1, 0.15) is 22.9 Å². The van der Waals surface area contributed by atoms with E-state index in [4.69, 9.17) is 0 Å². The lowest BCUT2D eigenvalue weighted by Crippen LogP contribution is -2.09. The van der Waals surface area contributed by atoms with Crippen LogP contribution in [0.2, 0.25) is 0 Å². The summed E-state index contributed by atoms with van der Waals surface area (Å²) < 4.78 is 38.3. The largest absolute Gasteiger partial charge is 0.417 e. The van der Waals surface area contributed by atoms with Gasteiger partial charge in [-0.2, -0.15) is 13.2 Å². The highest BCUT2D eigenvalue weighted by atomic mass is 79.9. The fourth-order valence-electron chi connectivity index (χ4n) is 1.34. The topological polar surface area (TPSA) is 17.1 Å². The third kappa shape index (κ3) is 3.48. The number of alkyl halides is 4. The van der Waals surface area contributed by atoms with Gasteiger partial charge in [-0.3, -0.25) is 4.79 Å². The van der Waals surface area contributed by atoms with Crippen molar-refractivity contribution >= 4 is 33.5 Å². The monoisotopic (exact) mass is 326 g/mol. The van der Waals surface area contributed by atoms with Crippen LogP contribution >= 0.6 is 27.7 Å². The Morgan fingerprint density at radius 3 is 2.41 bits per heavy atom. The number of thioether (sulfide) groups is 1. The van der Waals surface area contributed by atoms with Gasteiger partial charge in [0.25, 0.3) is 0 Å². The van der Waals surface area contributed by atoms with Gasteiger partial charge in [-0.1, -0.05) is 22.0 Å². The van der Waals surface area contributed by atoms with Crippen LogP contribution in [0.15, 0.2) is 23.1 Å². The number of ketones is 1. The second kappa shape index (κ2) is 5.44. The van der Waals surface area contributed by atoms with Gasteiger partial charge < -0.3 is 0 Å². The maximum Gasteiger partial charge on any atom is 0.417 e. The van der Waals surface area contributed by atoms with Crippen LogP contribution in [0.3, 0.4) is 0 Å². The van der Waals surface area contributed by atoms with Crippen LogP contribution in [-0.2, 0) is 11.0 Å². The summed E-state index contributed by atoms with van der Waals surface area (Å²) in [6.07, 6.45) is -2.82. The van der Waals surface area contributed by atoms with Gasteiger partial charge in [-0.15, -0.1) is 11.8 Å². The van der Waals surface area contributed by atoms with E-state index < -0.39 is 16.6 Å². The predicted octanol–water partition coefficient (Wildman–Crippen LogP) is 4.45. The first kappa shape index (κ1) is 14.6. The average Bonchev–Trinajstić information content (AvgIpc) is 2.25. The summed E-state index contributed by atoms with van der Waals surface area (Å²) in [5.41, 5.74) is -0.379. The molecular formula is C11H10BrF3OS. The van der Waals surface area contributed by atoms with Crippen LogP contribution in [0.4, 0.5) is 13.2 Å². The Hall–Kier alpha value is -0.490. The third-order valence-corrected chi connectivity index (χ3v) is 4.15. The molecule has 0 heterocycles. The number of rotatable bonds is 3. The molecule has 0 bridgehead atoms. The highest BCUT2D eigenvalue weighted by Crippen LogP contribution is 2.38. The summed E-state index contributed by atoms with van der Waals surface area (Å²) in [4.78, 5) is 10.6. The van der Waals surface area contributed by atoms with Gasteiger partial charge >= 0.3 is 6.18 Å². The Bertz CT molecular complexity index is 431. The summed E-state index contributed by atoms with van der Waals surface area (Å²) >= 11 is 4.10. The van der Waals surface area contributed by atoms with Gasteiger partial charge in [0.2, 0.25) is 0 Å². The van der Waals surface area contributed by atoms with Gasteiger partial charge in [-0.05, 0) is 30.9 Å². The molecule has 1 aromatic rings. The molecule has 1 rings (SSSR count). The maximum atomic E-state index is 12.8. The SMILES string of the molecule is CSc1ccc(C(Br)C(C)=O)cc1C(F)(F)F. The van der Waals surface area contributed by atoms with Crippen LogP contribution in [0.25, 0.3) is 0 Å². The number of benzene rings is 1. The Kier molecular flexibility index (Phi) is 4.66. The molecule has 17 heavy (non-hydrogen) atoms. The number of halogens is 4. The van der Waals surface area contributed by atoms with Crippen molar-refractivity contribution in [3.8, 4) is 0 Å². The van der Waals surface area contributed by atoms with Gasteiger partial charge in [-0.25, -0.2) is 0 Å². The van der Waals surface area contributed by atoms with Crippen molar-refractivity contribution in [2.24, 2.45) is 0 Å². The highest BCUT2D eigenvalue weighted by molar-refractivity contribution is 9.09. The molecular weight excluding hydrogens is 317 g/mol. The third-order valence-electron chi connectivity index (χ3n) is 2.18. The molecule has 0 fully saturated rings. The Balaban J connectivity index is 3.27. The zero-order valence-electron chi connectivity index (χ0n) is 9.14. The molecule has 0 radical (unpaired) electrons. The number of Topliss-reactive ketones (excluding diaryl/α,β-unsaturated/α-hetero) is 1. The highest BCUT2D eigenvalue weighted by Gasteiger charge is 2.34. The molecule has 0 aliphatic carbocycles. The van der Waals surface area contributed by atoms with Crippen molar-refractivity contribution < 1.29 is 18.0 Å². The molecule has 0 spiro atoms. The second-order valence-corrected chi connectivity index (χ2v) is 5.19. The number of carbonyl (C=O) groups excluding carboxylic acids is 1. The minimum absolute atomic E-state index is 0.157. The lowest BCUT2D eigenvalue weighted by Gasteiger charge is -2.14. The second-order valence-electron chi connectivity index (χ2n) is 3.43. The van der Waals surface area contributed by atoms with E-state index >= 15 is 0 Å². The summed E-state index contributed by atoms with van der Waals surface area (Å²) in [5.74, 6) is -0.227. The van der Waals surface area contributed by atoms with E-state index in [2.05, 4.69) is 15.9 Å². The van der Waals surface area contributed by atoms with Crippen LogP contribution < -0.4 is 0 Å². The van der Waals surface area contributed by atoms with Gasteiger partial charge in [0.15, 0.2) is 0 Å². The predicted molar refractivity (Wildman–Crippen MR) is 65.6 cm³/mol. The standard InChI is InChI=1S/C11H10BrF3OS/c1-6(16)10(12)7-3-4-9(17-2)8(5-7)11(13,14)15/h3-5,10H,1-2H3. The number of carbonyl (C=O) groups is 1. The Morgan fingerprint density at radius 2 is 2.00 bits per heavy atom. The van der Waals surface area contributed by atoms with E-state index in [-0.39, 0.29) is 10.7 Å². The van der Waals surface area contributed by atoms with Crippen LogP contribution in [0.5, 0.6) is 0 Å². The normalized spacial score (nSPS) is 13.5. The molecule has 1 aromatic carbocycles. The van der Waals surface area contributed by atoms with Crippen LogP contribution in [-0.4, -0.2) is 12.0 Å². The van der Waals surface area contributed by atoms with Crippen molar-refractivity contribution in [2.45, 2.75) is 22.8 Å². The Morgan fingerprint density at radius 1 is 1.41 bits per heavy atom. The van der Waals surface area contributed by atoms with Gasteiger partial charge in [0.05, 0.1) is 10.4 Å². The van der Waals surface area contributed by atoms with Gasteiger partial charge in [0.1, 0.15) is 5.78 Å². The van der Waals surface area contributed by atoms with Crippen molar-refractivity contribution in [1.82, 2.24) is 0 Å². The molecule has 0 amide bonds. The molecule has 0 N–H and O–H groups in total. The van der Waals surface area contributed by atoms with E-state index in [1.54, 1.807) is 6.26 Å². The zero-order chi connectivity index (χ0) is 13.2. The van der Waals surface area contributed by atoms with E-state index in [1.807, 2.05) is 0 Å². The first-order chi connectivity index (χ1) is 7.77. The fourth-order valence-corrected chi connectivity index (χ4v) is 2.22. The molecule has 1 nitrogen and oxygen atoms in total. The maximum absolute atomic E-state index is 12.8. The van der Waals surface area contributed by atoms with E-state index in [0.717, 1.165) is 17.8 Å². The molecule has 0 saturated carbocycles. The summed E-state index contributed by atoms with van der Waals surface area (Å²) in [5, 5.41) is 0. The number of hydrogen-bond donors (Lipinski definition) is 0. The van der Waals surface area contributed by atoms with Crippen molar-refractivity contribution in [2.75, 3.05) is 6.26 Å². The Labute approximate surface area is 110 Å². The molecule has 1 atom stereocenters. The molecule has 6 heteroatoms. The van der Waals surface area contributed by atoms with E-state index in [1.165, 1.54) is 19.1 Å². The summed E-state index contributed by atoms with van der Waals surface area (Å²) in [6, 6.07) is 3.94. The van der Waals surface area contributed by atoms with Crippen molar-refractivity contribution in [1.29, 1.82) is 0 Å². The summed E-state index contributed by atoms with van der Waals surface area (Å²) in [6.45, 7) is 1.33. The number of hydrogen-bond acceptors (Lipinski definition) is 2. The summed E-state index contributed by atoms with van der Waals surface area (Å²) in [7, 11) is 0. The smallest absolute Gasteiger partial charge is 0.298 e. The van der Waals surface area contributed by atoms with Crippen molar-refractivity contribution in [3.05, 3.63) is 29.3 Å². The zero-order valence-corrected chi connectivity index (χ0v) is 11.5. The van der Waals surface area contributed by atoms with Gasteiger partial charge in [0, 0.05) is 4.90 Å². The molecule has 0 aromatic heterocycles. The van der Waals surface area contributed by atoms with E-state index in [0.29, 0.717) is 5.56 Å². The molecule has 0 aliphatic rings. The lowest BCUT2D eigenvalue weighted by atomic mass is 10.1. The molecule has 1 unspecified atom stereocenters. The van der Waals surface area contributed by atoms with Crippen LogP contribution in [0, 0.1) is 0 Å². The minimum atomic E-state index is -4.40. The average molecular weight is 327 g/mol. The molecule has 94 valence electrons. The van der Waals surface area contributed by atoms with Crippen molar-refractivity contribution in [3.63, 3.8) is 0 Å². The molecule has 0 saturated heterocycles. The fraction of sp³-hybridized carbons (Fsp3) is 0.364. The first-order valence-electron chi connectivity index (χ1n) is 4.67. The quantitative estimate of drug-likeness (QED) is 0.603. The molecule has 0 aliphatic heterocycles. The lowest BCUT2D eigenvalue weighted by molar-refractivity contribution is -0.139. The van der Waals surface area contributed by atoms with E-state index in [9.17, 15) is 18.0 Å². The minimum Gasteiger partial charge on any atom is -0.298 e. The first-order valence-corrected chi connectivity index (χ1v) is 6.81.